The van der Waals surface area contributed by atoms with Crippen LogP contribution < -0.4 is 0 Å². The lowest BCUT2D eigenvalue weighted by atomic mass is 9.93. The Hall–Kier alpha value is -1.59. The van der Waals surface area contributed by atoms with Crippen LogP contribution in [0.15, 0.2) is 0 Å². The molecule has 2 rings (SSSR count). The summed E-state index contributed by atoms with van der Waals surface area (Å²) < 4.78 is 0. The molecule has 112 valence electrons. The van der Waals surface area contributed by atoms with Crippen molar-refractivity contribution < 1.29 is 19.5 Å². The van der Waals surface area contributed by atoms with Crippen LogP contribution in [-0.2, 0) is 14.4 Å². The van der Waals surface area contributed by atoms with E-state index in [9.17, 15) is 19.5 Å². The van der Waals surface area contributed by atoms with E-state index in [0.29, 0.717) is 26.1 Å². The van der Waals surface area contributed by atoms with Crippen molar-refractivity contribution >= 4 is 17.8 Å². The summed E-state index contributed by atoms with van der Waals surface area (Å²) in [6, 6.07) is -0.691. The highest BCUT2D eigenvalue weighted by Gasteiger charge is 2.37. The first kappa shape index (κ1) is 14.8. The highest BCUT2D eigenvalue weighted by molar-refractivity contribution is 5.86. The van der Waals surface area contributed by atoms with Gasteiger partial charge >= 0.3 is 5.97 Å². The largest absolute Gasteiger partial charge is 0.480 e. The maximum absolute atomic E-state index is 12.6. The number of piperidine rings is 2. The van der Waals surface area contributed by atoms with Gasteiger partial charge in [0.25, 0.3) is 0 Å². The molecular formula is C14H22N2O4. The lowest BCUT2D eigenvalue weighted by Gasteiger charge is -2.38. The van der Waals surface area contributed by atoms with E-state index >= 15 is 0 Å². The Labute approximate surface area is 118 Å². The van der Waals surface area contributed by atoms with E-state index in [4.69, 9.17) is 0 Å². The van der Waals surface area contributed by atoms with Gasteiger partial charge in [0.05, 0.1) is 5.92 Å². The average molecular weight is 282 g/mol. The zero-order valence-electron chi connectivity index (χ0n) is 11.9. The van der Waals surface area contributed by atoms with Gasteiger partial charge in [-0.05, 0) is 32.1 Å². The minimum absolute atomic E-state index is 0.0177. The van der Waals surface area contributed by atoms with Crippen molar-refractivity contribution in [3.05, 3.63) is 0 Å². The van der Waals surface area contributed by atoms with Crippen LogP contribution in [0.4, 0.5) is 0 Å². The maximum Gasteiger partial charge on any atom is 0.326 e. The van der Waals surface area contributed by atoms with Crippen molar-refractivity contribution in [2.75, 3.05) is 19.6 Å². The molecule has 1 unspecified atom stereocenters. The molecule has 0 spiro atoms. The van der Waals surface area contributed by atoms with Crippen LogP contribution in [0.3, 0.4) is 0 Å². The fourth-order valence-corrected chi connectivity index (χ4v) is 3.15. The van der Waals surface area contributed by atoms with Gasteiger partial charge < -0.3 is 14.9 Å². The number of carbonyl (C=O) groups excluding carboxylic acids is 2. The van der Waals surface area contributed by atoms with E-state index in [2.05, 4.69) is 0 Å². The van der Waals surface area contributed by atoms with Crippen LogP contribution >= 0.6 is 0 Å². The van der Waals surface area contributed by atoms with E-state index in [1.54, 1.807) is 4.90 Å². The summed E-state index contributed by atoms with van der Waals surface area (Å²) in [5.74, 6) is -1.27. The van der Waals surface area contributed by atoms with Gasteiger partial charge in [-0.2, -0.15) is 0 Å². The van der Waals surface area contributed by atoms with Gasteiger partial charge in [-0.25, -0.2) is 4.79 Å². The number of hydrogen-bond acceptors (Lipinski definition) is 3. The van der Waals surface area contributed by atoms with E-state index in [1.807, 2.05) is 0 Å². The van der Waals surface area contributed by atoms with Crippen molar-refractivity contribution in [2.24, 2.45) is 5.92 Å². The van der Waals surface area contributed by atoms with Gasteiger partial charge in [0, 0.05) is 26.6 Å². The Morgan fingerprint density at radius 1 is 1.05 bits per heavy atom. The quantitative estimate of drug-likeness (QED) is 0.809. The van der Waals surface area contributed by atoms with Crippen molar-refractivity contribution in [1.29, 1.82) is 0 Å². The Bertz CT molecular complexity index is 410. The molecule has 0 aliphatic carbocycles. The first-order valence-corrected chi connectivity index (χ1v) is 7.29. The number of carboxylic acids is 1. The summed E-state index contributed by atoms with van der Waals surface area (Å²) in [4.78, 5) is 38.4. The summed E-state index contributed by atoms with van der Waals surface area (Å²) in [6.07, 6.45) is 3.79. The molecule has 6 nitrogen and oxygen atoms in total. The molecule has 20 heavy (non-hydrogen) atoms. The zero-order chi connectivity index (χ0) is 14.7. The molecule has 0 aromatic rings. The smallest absolute Gasteiger partial charge is 0.326 e. The fourth-order valence-electron chi connectivity index (χ4n) is 3.15. The second kappa shape index (κ2) is 6.24. The van der Waals surface area contributed by atoms with Crippen molar-refractivity contribution in [3.8, 4) is 0 Å². The topological polar surface area (TPSA) is 77.9 Å². The van der Waals surface area contributed by atoms with Crippen LogP contribution in [-0.4, -0.2) is 58.4 Å². The summed E-state index contributed by atoms with van der Waals surface area (Å²) in [5, 5.41) is 9.24. The van der Waals surface area contributed by atoms with Crippen LogP contribution in [0.5, 0.6) is 0 Å². The number of hydrogen-bond donors (Lipinski definition) is 1. The molecule has 0 aromatic heterocycles. The number of carbonyl (C=O) groups is 3. The summed E-state index contributed by atoms with van der Waals surface area (Å²) in [5.41, 5.74) is 0. The van der Waals surface area contributed by atoms with Crippen LogP contribution in [0.1, 0.15) is 39.0 Å². The Morgan fingerprint density at radius 3 is 2.45 bits per heavy atom. The zero-order valence-corrected chi connectivity index (χ0v) is 11.9. The number of amides is 2. The Balaban J connectivity index is 2.05. The molecule has 2 saturated heterocycles. The molecule has 0 saturated carbocycles. The minimum atomic E-state index is -0.919. The molecule has 0 bridgehead atoms. The van der Waals surface area contributed by atoms with Crippen LogP contribution in [0.25, 0.3) is 0 Å². The number of aliphatic carboxylic acids is 1. The first-order chi connectivity index (χ1) is 9.50. The predicted molar refractivity (Wildman–Crippen MR) is 72.0 cm³/mol. The number of nitrogens with zero attached hydrogens (tertiary/aromatic N) is 2. The van der Waals surface area contributed by atoms with E-state index in [-0.39, 0.29) is 17.7 Å². The monoisotopic (exact) mass is 282 g/mol. The van der Waals surface area contributed by atoms with E-state index in [1.165, 1.54) is 11.8 Å². The van der Waals surface area contributed by atoms with Gasteiger partial charge in [-0.15, -0.1) is 0 Å². The Morgan fingerprint density at radius 2 is 1.80 bits per heavy atom. The molecule has 0 radical (unpaired) electrons. The van der Waals surface area contributed by atoms with Gasteiger partial charge in [0.1, 0.15) is 6.04 Å². The molecule has 2 fully saturated rings. The molecular weight excluding hydrogens is 260 g/mol. The third-order valence-electron chi connectivity index (χ3n) is 4.29. The van der Waals surface area contributed by atoms with E-state index in [0.717, 1.165) is 25.7 Å². The first-order valence-electron chi connectivity index (χ1n) is 7.29. The fraction of sp³-hybridized carbons (Fsp3) is 0.786. The van der Waals surface area contributed by atoms with E-state index < -0.39 is 12.0 Å². The molecule has 1 N–H and O–H groups in total. The molecule has 6 heteroatoms. The van der Waals surface area contributed by atoms with Crippen molar-refractivity contribution in [2.45, 2.75) is 45.1 Å². The SMILES string of the molecule is CC(=O)N1CCCC(C(=O)N2CCCC[C@@H]2C(=O)O)C1. The third kappa shape index (κ3) is 3.11. The van der Waals surface area contributed by atoms with Crippen molar-refractivity contribution in [1.82, 2.24) is 9.80 Å². The molecule has 2 aliphatic rings. The average Bonchev–Trinajstić information content (AvgIpc) is 2.46. The maximum atomic E-state index is 12.6. The second-order valence-corrected chi connectivity index (χ2v) is 5.69. The number of rotatable bonds is 2. The summed E-state index contributed by atoms with van der Waals surface area (Å²) in [7, 11) is 0. The van der Waals surface area contributed by atoms with Crippen LogP contribution in [0.2, 0.25) is 0 Å². The molecule has 0 aromatic carbocycles. The minimum Gasteiger partial charge on any atom is -0.480 e. The third-order valence-corrected chi connectivity index (χ3v) is 4.29. The second-order valence-electron chi connectivity index (χ2n) is 5.69. The normalized spacial score (nSPS) is 27.2. The van der Waals surface area contributed by atoms with Crippen molar-refractivity contribution in [3.63, 3.8) is 0 Å². The standard InChI is InChI=1S/C14H22N2O4/c1-10(17)15-7-4-5-11(9-15)13(18)16-8-3-2-6-12(16)14(19)20/h11-12H,2-9H2,1H3,(H,19,20)/t11?,12-/m1/s1. The highest BCUT2D eigenvalue weighted by Crippen LogP contribution is 2.24. The molecule has 2 amide bonds. The highest BCUT2D eigenvalue weighted by atomic mass is 16.4. The molecule has 2 heterocycles. The predicted octanol–water partition coefficient (Wildman–Crippen LogP) is 0.711. The lowest BCUT2D eigenvalue weighted by molar-refractivity contribution is -0.155. The van der Waals surface area contributed by atoms with Gasteiger partial charge in [-0.1, -0.05) is 0 Å². The van der Waals surface area contributed by atoms with Gasteiger partial charge in [-0.3, -0.25) is 9.59 Å². The summed E-state index contributed by atoms with van der Waals surface area (Å²) >= 11 is 0. The summed E-state index contributed by atoms with van der Waals surface area (Å²) in [6.45, 7) is 3.15. The van der Waals surface area contributed by atoms with Gasteiger partial charge in [0.15, 0.2) is 0 Å². The molecule has 2 aliphatic heterocycles. The number of carboxylic acid groups (broad SMARTS) is 1. The van der Waals surface area contributed by atoms with Gasteiger partial charge in [0.2, 0.25) is 11.8 Å². The number of likely N-dealkylation sites (tertiary alicyclic amines) is 2. The molecule has 2 atom stereocenters. The van der Waals surface area contributed by atoms with Crippen LogP contribution in [0, 0.1) is 5.92 Å². The lowest BCUT2D eigenvalue weighted by Crippen LogP contribution is -2.53. The Kier molecular flexibility index (Phi) is 4.62.